The number of rotatable bonds is 4. The molecule has 0 aromatic heterocycles. The molecule has 1 saturated carbocycles. The van der Waals surface area contributed by atoms with E-state index in [4.69, 9.17) is 0 Å². The van der Waals surface area contributed by atoms with Crippen molar-refractivity contribution in [2.24, 2.45) is 5.41 Å². The first-order valence-electron chi connectivity index (χ1n) is 5.14. The van der Waals surface area contributed by atoms with Crippen molar-refractivity contribution in [3.8, 4) is 0 Å². The molecule has 1 radical (unpaired) electrons. The van der Waals surface area contributed by atoms with Gasteiger partial charge in [0.25, 0.3) is 0 Å². The minimum Gasteiger partial charge on any atom is -0.0648 e. The van der Waals surface area contributed by atoms with E-state index in [1.54, 1.807) is 0 Å². The molecule has 0 N–H and O–H groups in total. The van der Waals surface area contributed by atoms with E-state index in [0.29, 0.717) is 5.41 Å². The van der Waals surface area contributed by atoms with Gasteiger partial charge in [-0.15, -0.1) is 0 Å². The Labute approximate surface area is 71.4 Å². The zero-order valence-electron chi connectivity index (χ0n) is 8.24. The normalized spacial score (nSPS) is 19.9. The lowest BCUT2D eigenvalue weighted by Gasteiger charge is -2.44. The lowest BCUT2D eigenvalue weighted by atomic mass is 9.61. The highest BCUT2D eigenvalue weighted by atomic mass is 14.4. The molecule has 0 spiro atoms. The zero-order chi connectivity index (χ0) is 8.32. The van der Waals surface area contributed by atoms with E-state index in [2.05, 4.69) is 20.8 Å². The molecule has 1 aliphatic rings. The molecule has 0 saturated heterocycles. The minimum absolute atomic E-state index is 0.637. The summed E-state index contributed by atoms with van der Waals surface area (Å²) < 4.78 is 0. The van der Waals surface area contributed by atoms with Gasteiger partial charge in [-0.3, -0.25) is 0 Å². The van der Waals surface area contributed by atoms with Gasteiger partial charge in [0.15, 0.2) is 0 Å². The van der Waals surface area contributed by atoms with Crippen LogP contribution in [0, 0.1) is 11.3 Å². The summed E-state index contributed by atoms with van der Waals surface area (Å²) in [5.41, 5.74) is 0.637. The molecule has 0 unspecified atom stereocenters. The van der Waals surface area contributed by atoms with Crippen molar-refractivity contribution in [3.05, 3.63) is 5.92 Å². The summed E-state index contributed by atoms with van der Waals surface area (Å²) in [4.78, 5) is 0. The average Bonchev–Trinajstić information content (AvgIpc) is 1.97. The molecule has 65 valence electrons. The maximum Gasteiger partial charge on any atom is -0.0179 e. The summed E-state index contributed by atoms with van der Waals surface area (Å²) in [6.07, 6.45) is 8.38. The van der Waals surface area contributed by atoms with Crippen molar-refractivity contribution in [2.75, 3.05) is 0 Å². The van der Waals surface area contributed by atoms with Crippen LogP contribution in [0.15, 0.2) is 0 Å². The largest absolute Gasteiger partial charge is 0.0648 e. The first-order chi connectivity index (χ1) is 5.29. The van der Waals surface area contributed by atoms with Crippen LogP contribution in [0.3, 0.4) is 0 Å². The standard InChI is InChI=1S/C11H21/c1-4-11(5-2,6-3)10-8-7-9-10/h4-9H2,1-3H3. The second kappa shape index (κ2) is 3.60. The molecule has 0 bridgehead atoms. The monoisotopic (exact) mass is 153 g/mol. The fraction of sp³-hybridized carbons (Fsp3) is 0.909. The van der Waals surface area contributed by atoms with Gasteiger partial charge >= 0.3 is 0 Å². The van der Waals surface area contributed by atoms with Crippen molar-refractivity contribution in [3.63, 3.8) is 0 Å². The Balaban J connectivity index is 2.54. The second-order valence-electron chi connectivity index (χ2n) is 3.80. The van der Waals surface area contributed by atoms with Gasteiger partial charge in [0.1, 0.15) is 0 Å². The summed E-state index contributed by atoms with van der Waals surface area (Å²) in [6, 6.07) is 0. The van der Waals surface area contributed by atoms with Gasteiger partial charge in [0.2, 0.25) is 0 Å². The van der Waals surface area contributed by atoms with Crippen LogP contribution in [0.5, 0.6) is 0 Å². The molecule has 0 aromatic carbocycles. The van der Waals surface area contributed by atoms with Crippen LogP contribution in [0.25, 0.3) is 0 Å². The summed E-state index contributed by atoms with van der Waals surface area (Å²) in [7, 11) is 0. The number of hydrogen-bond donors (Lipinski definition) is 0. The van der Waals surface area contributed by atoms with Gasteiger partial charge in [-0.05, 0) is 43.4 Å². The summed E-state index contributed by atoms with van der Waals surface area (Å²) in [5.74, 6) is 1.87. The van der Waals surface area contributed by atoms with Crippen LogP contribution in [0.4, 0.5) is 0 Å². The Hall–Kier alpha value is 0. The van der Waals surface area contributed by atoms with Gasteiger partial charge < -0.3 is 0 Å². The lowest BCUT2D eigenvalue weighted by Crippen LogP contribution is -2.31. The van der Waals surface area contributed by atoms with Gasteiger partial charge in [-0.25, -0.2) is 0 Å². The maximum absolute atomic E-state index is 2.35. The smallest absolute Gasteiger partial charge is 0.0179 e. The molecule has 0 heteroatoms. The van der Waals surface area contributed by atoms with Crippen LogP contribution < -0.4 is 0 Å². The molecular formula is C11H21. The minimum atomic E-state index is 0.637. The van der Waals surface area contributed by atoms with E-state index in [1.165, 1.54) is 38.5 Å². The van der Waals surface area contributed by atoms with Gasteiger partial charge in [0.05, 0.1) is 0 Å². The zero-order valence-corrected chi connectivity index (χ0v) is 8.24. The van der Waals surface area contributed by atoms with Gasteiger partial charge in [-0.2, -0.15) is 0 Å². The molecule has 0 heterocycles. The Morgan fingerprint density at radius 2 is 1.45 bits per heavy atom. The summed E-state index contributed by atoms with van der Waals surface area (Å²) in [5, 5.41) is 0. The molecule has 1 fully saturated rings. The first kappa shape index (κ1) is 9.09. The quantitative estimate of drug-likeness (QED) is 0.573. The second-order valence-corrected chi connectivity index (χ2v) is 3.80. The van der Waals surface area contributed by atoms with E-state index in [1.807, 2.05) is 5.92 Å². The molecule has 11 heavy (non-hydrogen) atoms. The number of hydrogen-bond acceptors (Lipinski definition) is 0. The third-order valence-corrected chi connectivity index (χ3v) is 3.74. The molecule has 0 nitrogen and oxygen atoms in total. The van der Waals surface area contributed by atoms with E-state index < -0.39 is 0 Å². The van der Waals surface area contributed by atoms with Crippen LogP contribution in [0.1, 0.15) is 59.3 Å². The van der Waals surface area contributed by atoms with Crippen molar-refractivity contribution in [1.82, 2.24) is 0 Å². The van der Waals surface area contributed by atoms with Crippen molar-refractivity contribution in [1.29, 1.82) is 0 Å². The first-order valence-corrected chi connectivity index (χ1v) is 5.14. The van der Waals surface area contributed by atoms with Crippen molar-refractivity contribution < 1.29 is 0 Å². The Morgan fingerprint density at radius 1 is 1.00 bits per heavy atom. The molecule has 1 aliphatic carbocycles. The Morgan fingerprint density at radius 3 is 1.55 bits per heavy atom. The van der Waals surface area contributed by atoms with Gasteiger partial charge in [-0.1, -0.05) is 27.2 Å². The molecule has 0 amide bonds. The predicted molar refractivity (Wildman–Crippen MR) is 50.4 cm³/mol. The van der Waals surface area contributed by atoms with E-state index in [-0.39, 0.29) is 0 Å². The Kier molecular flexibility index (Phi) is 2.98. The van der Waals surface area contributed by atoms with E-state index in [0.717, 1.165) is 0 Å². The fourth-order valence-electron chi connectivity index (χ4n) is 2.38. The van der Waals surface area contributed by atoms with Crippen LogP contribution >= 0.6 is 0 Å². The van der Waals surface area contributed by atoms with Crippen molar-refractivity contribution in [2.45, 2.75) is 59.3 Å². The highest BCUT2D eigenvalue weighted by Gasteiger charge is 2.37. The predicted octanol–water partition coefficient (Wildman–Crippen LogP) is 3.96. The van der Waals surface area contributed by atoms with E-state index >= 15 is 0 Å². The maximum atomic E-state index is 2.35. The SMILES string of the molecule is CCC(CC)(CC)[C]1CCC1. The third-order valence-electron chi connectivity index (χ3n) is 3.74. The molecule has 0 atom stereocenters. The summed E-state index contributed by atoms with van der Waals surface area (Å²) >= 11 is 0. The van der Waals surface area contributed by atoms with Gasteiger partial charge in [0, 0.05) is 0 Å². The fourth-order valence-corrected chi connectivity index (χ4v) is 2.38. The van der Waals surface area contributed by atoms with Crippen LogP contribution in [0.2, 0.25) is 0 Å². The van der Waals surface area contributed by atoms with Crippen molar-refractivity contribution >= 4 is 0 Å². The Bertz CT molecular complexity index is 98.9. The molecule has 0 aliphatic heterocycles. The topological polar surface area (TPSA) is 0 Å². The van der Waals surface area contributed by atoms with Crippen LogP contribution in [-0.2, 0) is 0 Å². The summed E-state index contributed by atoms with van der Waals surface area (Å²) in [6.45, 7) is 7.04. The third kappa shape index (κ3) is 1.45. The highest BCUT2D eigenvalue weighted by molar-refractivity contribution is 5.10. The molecule has 1 rings (SSSR count). The highest BCUT2D eigenvalue weighted by Crippen LogP contribution is 2.50. The van der Waals surface area contributed by atoms with E-state index in [9.17, 15) is 0 Å². The molecule has 0 aromatic rings. The lowest BCUT2D eigenvalue weighted by molar-refractivity contribution is 0.209. The average molecular weight is 153 g/mol. The van der Waals surface area contributed by atoms with Crippen LogP contribution in [-0.4, -0.2) is 0 Å². The molecular weight excluding hydrogens is 132 g/mol.